The lowest BCUT2D eigenvalue weighted by atomic mass is 9.98. The molecule has 1 heterocycles. The molecule has 0 radical (unpaired) electrons. The summed E-state index contributed by atoms with van der Waals surface area (Å²) in [7, 11) is -3.91. The molecular weight excluding hydrogens is 243 g/mol. The molecule has 4 nitrogen and oxygen atoms in total. The van der Waals surface area contributed by atoms with Gasteiger partial charge in [0.1, 0.15) is 0 Å². The van der Waals surface area contributed by atoms with E-state index in [0.29, 0.717) is 12.8 Å². The first-order chi connectivity index (χ1) is 7.84. The van der Waals surface area contributed by atoms with Crippen LogP contribution in [0.5, 0.6) is 0 Å². The zero-order valence-electron chi connectivity index (χ0n) is 10.2. The van der Waals surface area contributed by atoms with Gasteiger partial charge in [-0.2, -0.15) is 0 Å². The van der Waals surface area contributed by atoms with Crippen LogP contribution in [0.25, 0.3) is 0 Å². The summed E-state index contributed by atoms with van der Waals surface area (Å²) < 4.78 is 39.8. The van der Waals surface area contributed by atoms with Crippen LogP contribution in [0, 0.1) is 5.82 Å². The summed E-state index contributed by atoms with van der Waals surface area (Å²) in [5, 5.41) is -0.548. The highest BCUT2D eigenvalue weighted by Gasteiger charge is 2.29. The Kier molecular flexibility index (Phi) is 4.21. The van der Waals surface area contributed by atoms with Gasteiger partial charge in [-0.25, -0.2) is 22.5 Å². The largest absolute Gasteiger partial charge is 0.261 e. The first kappa shape index (κ1) is 14.1. The number of rotatable bonds is 5. The number of nitrogens with zero attached hydrogens (tertiary/aromatic N) is 1. The Morgan fingerprint density at radius 2 is 2.00 bits per heavy atom. The van der Waals surface area contributed by atoms with E-state index in [1.54, 1.807) is 6.92 Å². The second-order valence-electron chi connectivity index (χ2n) is 4.16. The van der Waals surface area contributed by atoms with E-state index in [0.717, 1.165) is 6.07 Å². The minimum atomic E-state index is -3.91. The van der Waals surface area contributed by atoms with Crippen molar-refractivity contribution in [2.45, 2.75) is 44.2 Å². The molecule has 0 saturated heterocycles. The summed E-state index contributed by atoms with van der Waals surface area (Å²) in [6, 6.07) is 2.43. The van der Waals surface area contributed by atoms with Crippen molar-refractivity contribution in [3.05, 3.63) is 24.1 Å². The third kappa shape index (κ3) is 3.23. The molecule has 6 heteroatoms. The third-order valence-electron chi connectivity index (χ3n) is 2.92. The summed E-state index contributed by atoms with van der Waals surface area (Å²) in [6.45, 7) is 5.53. The monoisotopic (exact) mass is 260 g/mol. The second-order valence-corrected chi connectivity index (χ2v) is 5.76. The lowest BCUT2D eigenvalue weighted by Crippen LogP contribution is -2.45. The molecule has 0 aliphatic carbocycles. The van der Waals surface area contributed by atoms with Gasteiger partial charge in [-0.1, -0.05) is 13.8 Å². The number of nitrogens with one attached hydrogen (secondary N) is 1. The Morgan fingerprint density at radius 3 is 2.47 bits per heavy atom. The molecule has 0 fully saturated rings. The maximum atomic E-state index is 13.4. The van der Waals surface area contributed by atoms with Gasteiger partial charge in [0.25, 0.3) is 10.0 Å². The fraction of sp³-hybridized carbons (Fsp3) is 0.545. The van der Waals surface area contributed by atoms with Crippen molar-refractivity contribution in [1.82, 2.24) is 9.71 Å². The Hall–Kier alpha value is -1.01. The minimum Gasteiger partial charge on any atom is -0.241 e. The Bertz CT molecular complexity index is 484. The zero-order chi connectivity index (χ0) is 13.1. The van der Waals surface area contributed by atoms with E-state index in [9.17, 15) is 12.8 Å². The van der Waals surface area contributed by atoms with Gasteiger partial charge >= 0.3 is 0 Å². The smallest absolute Gasteiger partial charge is 0.241 e. The average Bonchev–Trinajstić information content (AvgIpc) is 2.28. The van der Waals surface area contributed by atoms with Crippen LogP contribution < -0.4 is 4.72 Å². The van der Waals surface area contributed by atoms with Crippen LogP contribution in [-0.4, -0.2) is 18.9 Å². The number of hydrogen-bond acceptors (Lipinski definition) is 3. The molecule has 0 unspecified atom stereocenters. The van der Waals surface area contributed by atoms with Gasteiger partial charge in [0, 0.05) is 11.7 Å². The standard InChI is InChI=1S/C11H17FN2O2S/c1-4-11(3,5-2)14-17(15,16)10-9(12)7-6-8-13-10/h6-8,14H,4-5H2,1-3H3. The number of hydrogen-bond donors (Lipinski definition) is 1. The lowest BCUT2D eigenvalue weighted by Gasteiger charge is -2.27. The van der Waals surface area contributed by atoms with Gasteiger partial charge in [0.15, 0.2) is 5.82 Å². The summed E-state index contributed by atoms with van der Waals surface area (Å²) in [5.41, 5.74) is -0.581. The van der Waals surface area contributed by atoms with Crippen LogP contribution in [0.3, 0.4) is 0 Å². The van der Waals surface area contributed by atoms with Crippen LogP contribution in [0.1, 0.15) is 33.6 Å². The minimum absolute atomic E-state index is 0.548. The van der Waals surface area contributed by atoms with Crippen LogP contribution >= 0.6 is 0 Å². The molecule has 0 bridgehead atoms. The SMILES string of the molecule is CCC(C)(CC)NS(=O)(=O)c1ncccc1F. The van der Waals surface area contributed by atoms with Gasteiger partial charge in [0.05, 0.1) is 0 Å². The van der Waals surface area contributed by atoms with Gasteiger partial charge in [-0.3, -0.25) is 0 Å². The molecule has 1 aromatic rings. The van der Waals surface area contributed by atoms with Crippen molar-refractivity contribution in [2.75, 3.05) is 0 Å². The van der Waals surface area contributed by atoms with Gasteiger partial charge < -0.3 is 0 Å². The molecule has 0 amide bonds. The number of halogens is 1. The predicted octanol–water partition coefficient (Wildman–Crippen LogP) is 2.08. The van der Waals surface area contributed by atoms with E-state index in [2.05, 4.69) is 9.71 Å². The van der Waals surface area contributed by atoms with Crippen molar-refractivity contribution in [3.8, 4) is 0 Å². The maximum Gasteiger partial charge on any atom is 0.261 e. The van der Waals surface area contributed by atoms with Crippen molar-refractivity contribution in [3.63, 3.8) is 0 Å². The number of aromatic nitrogens is 1. The normalized spacial score (nSPS) is 12.7. The molecule has 1 aromatic heterocycles. The predicted molar refractivity (Wildman–Crippen MR) is 63.5 cm³/mol. The first-order valence-corrected chi connectivity index (χ1v) is 6.97. The quantitative estimate of drug-likeness (QED) is 0.881. The van der Waals surface area contributed by atoms with Gasteiger partial charge in [0.2, 0.25) is 5.03 Å². The maximum absolute atomic E-state index is 13.4. The fourth-order valence-electron chi connectivity index (χ4n) is 1.34. The number of sulfonamides is 1. The zero-order valence-corrected chi connectivity index (χ0v) is 11.0. The first-order valence-electron chi connectivity index (χ1n) is 5.49. The molecule has 0 aliphatic heterocycles. The van der Waals surface area contributed by atoms with Crippen LogP contribution in [0.4, 0.5) is 4.39 Å². The van der Waals surface area contributed by atoms with Gasteiger partial charge in [-0.05, 0) is 31.9 Å². The molecule has 0 aromatic carbocycles. The van der Waals surface area contributed by atoms with E-state index in [4.69, 9.17) is 0 Å². The highest BCUT2D eigenvalue weighted by molar-refractivity contribution is 7.89. The Balaban J connectivity index is 3.10. The topological polar surface area (TPSA) is 59.1 Å². The third-order valence-corrected chi connectivity index (χ3v) is 4.49. The van der Waals surface area contributed by atoms with Crippen LogP contribution in [-0.2, 0) is 10.0 Å². The van der Waals surface area contributed by atoms with Crippen molar-refractivity contribution in [1.29, 1.82) is 0 Å². The molecule has 0 aliphatic rings. The fourth-order valence-corrected chi connectivity index (χ4v) is 2.89. The van der Waals surface area contributed by atoms with Crippen LogP contribution in [0.15, 0.2) is 23.4 Å². The Labute approximate surface area is 101 Å². The molecule has 0 saturated carbocycles. The van der Waals surface area contributed by atoms with E-state index in [1.807, 2.05) is 13.8 Å². The lowest BCUT2D eigenvalue weighted by molar-refractivity contribution is 0.386. The van der Waals surface area contributed by atoms with Crippen molar-refractivity contribution >= 4 is 10.0 Å². The van der Waals surface area contributed by atoms with Crippen LogP contribution in [0.2, 0.25) is 0 Å². The van der Waals surface area contributed by atoms with E-state index < -0.39 is 26.4 Å². The average molecular weight is 260 g/mol. The summed E-state index contributed by atoms with van der Waals surface area (Å²) in [5.74, 6) is -0.838. The van der Waals surface area contributed by atoms with E-state index in [-0.39, 0.29) is 0 Å². The summed E-state index contributed by atoms with van der Waals surface area (Å²) in [6.07, 6.45) is 2.50. The summed E-state index contributed by atoms with van der Waals surface area (Å²) >= 11 is 0. The second kappa shape index (κ2) is 5.10. The summed E-state index contributed by atoms with van der Waals surface area (Å²) in [4.78, 5) is 3.58. The highest BCUT2D eigenvalue weighted by atomic mass is 32.2. The van der Waals surface area contributed by atoms with Gasteiger partial charge in [-0.15, -0.1) is 0 Å². The molecule has 1 N–H and O–H groups in total. The van der Waals surface area contributed by atoms with E-state index >= 15 is 0 Å². The van der Waals surface area contributed by atoms with E-state index in [1.165, 1.54) is 12.3 Å². The molecule has 0 spiro atoms. The molecule has 17 heavy (non-hydrogen) atoms. The van der Waals surface area contributed by atoms with Crippen molar-refractivity contribution in [2.24, 2.45) is 0 Å². The number of pyridine rings is 1. The molecule has 1 rings (SSSR count). The molecule has 0 atom stereocenters. The molecule has 96 valence electrons. The van der Waals surface area contributed by atoms with Crippen molar-refractivity contribution < 1.29 is 12.8 Å². The Morgan fingerprint density at radius 1 is 1.41 bits per heavy atom. The molecular formula is C11H17FN2O2S. The highest BCUT2D eigenvalue weighted by Crippen LogP contribution is 2.19.